The van der Waals surface area contributed by atoms with Crippen LogP contribution >= 0.6 is 0 Å². The minimum absolute atomic E-state index is 0.0381. The lowest BCUT2D eigenvalue weighted by Gasteiger charge is -2.29. The SMILES string of the molecule is CC(NC(=O)COc1ccc(-n2cnnn2)cc1)C(=O)N1CCCCC1. The molecule has 1 aliphatic rings. The van der Waals surface area contributed by atoms with Crippen molar-refractivity contribution in [1.82, 2.24) is 30.4 Å². The van der Waals surface area contributed by atoms with Crippen LogP contribution in [0.15, 0.2) is 30.6 Å². The van der Waals surface area contributed by atoms with Gasteiger partial charge in [0.25, 0.3) is 5.91 Å². The lowest BCUT2D eigenvalue weighted by Crippen LogP contribution is -2.49. The zero-order valence-electron chi connectivity index (χ0n) is 14.7. The largest absolute Gasteiger partial charge is 0.484 e. The minimum atomic E-state index is -0.550. The van der Waals surface area contributed by atoms with E-state index in [0.29, 0.717) is 5.75 Å². The molecular formula is C17H22N6O3. The Morgan fingerprint density at radius 2 is 1.92 bits per heavy atom. The Kier molecular flexibility index (Phi) is 5.77. The predicted molar refractivity (Wildman–Crippen MR) is 92.7 cm³/mol. The first-order valence-corrected chi connectivity index (χ1v) is 8.68. The number of piperidine rings is 1. The molecule has 1 unspecified atom stereocenters. The number of carbonyl (C=O) groups is 2. The van der Waals surface area contributed by atoms with Gasteiger partial charge in [-0.3, -0.25) is 9.59 Å². The molecule has 0 aliphatic carbocycles. The molecule has 0 saturated carbocycles. The summed E-state index contributed by atoms with van der Waals surface area (Å²) in [5.41, 5.74) is 0.785. The van der Waals surface area contributed by atoms with Crippen molar-refractivity contribution >= 4 is 11.8 Å². The fourth-order valence-electron chi connectivity index (χ4n) is 2.86. The first kappa shape index (κ1) is 17.8. The number of amides is 2. The molecule has 1 aromatic heterocycles. The van der Waals surface area contributed by atoms with E-state index in [1.54, 1.807) is 31.2 Å². The molecule has 9 heteroatoms. The van der Waals surface area contributed by atoms with Crippen molar-refractivity contribution in [2.75, 3.05) is 19.7 Å². The van der Waals surface area contributed by atoms with Gasteiger partial charge >= 0.3 is 0 Å². The average Bonchev–Trinajstić information content (AvgIpc) is 3.21. The number of carbonyl (C=O) groups excluding carboxylic acids is 2. The highest BCUT2D eigenvalue weighted by molar-refractivity contribution is 5.87. The number of likely N-dealkylation sites (tertiary alicyclic amines) is 1. The van der Waals surface area contributed by atoms with Crippen LogP contribution in [0.25, 0.3) is 5.69 Å². The second-order valence-electron chi connectivity index (χ2n) is 6.21. The third kappa shape index (κ3) is 4.56. The van der Waals surface area contributed by atoms with Crippen LogP contribution in [0.4, 0.5) is 0 Å². The van der Waals surface area contributed by atoms with Crippen molar-refractivity contribution in [2.24, 2.45) is 0 Å². The third-order valence-corrected chi connectivity index (χ3v) is 4.24. The molecule has 1 aliphatic heterocycles. The molecule has 1 fully saturated rings. The summed E-state index contributed by atoms with van der Waals surface area (Å²) in [5, 5.41) is 13.6. The number of ether oxygens (including phenoxy) is 1. The summed E-state index contributed by atoms with van der Waals surface area (Å²) in [4.78, 5) is 26.2. The summed E-state index contributed by atoms with van der Waals surface area (Å²) >= 11 is 0. The first-order valence-electron chi connectivity index (χ1n) is 8.68. The maximum atomic E-state index is 12.3. The van der Waals surface area contributed by atoms with Gasteiger partial charge in [0.1, 0.15) is 18.1 Å². The highest BCUT2D eigenvalue weighted by Gasteiger charge is 2.23. The number of nitrogens with zero attached hydrogens (tertiary/aromatic N) is 5. The van der Waals surface area contributed by atoms with Crippen molar-refractivity contribution < 1.29 is 14.3 Å². The van der Waals surface area contributed by atoms with Crippen molar-refractivity contribution in [2.45, 2.75) is 32.2 Å². The van der Waals surface area contributed by atoms with Crippen molar-refractivity contribution in [1.29, 1.82) is 0 Å². The van der Waals surface area contributed by atoms with Crippen LogP contribution in [0, 0.1) is 0 Å². The van der Waals surface area contributed by atoms with Crippen LogP contribution in [0.5, 0.6) is 5.75 Å². The van der Waals surface area contributed by atoms with E-state index in [9.17, 15) is 9.59 Å². The quantitative estimate of drug-likeness (QED) is 0.809. The Hall–Kier alpha value is -2.97. The smallest absolute Gasteiger partial charge is 0.258 e. The zero-order chi connectivity index (χ0) is 18.4. The van der Waals surface area contributed by atoms with Gasteiger partial charge in [-0.1, -0.05) is 0 Å². The molecule has 2 amide bonds. The third-order valence-electron chi connectivity index (χ3n) is 4.24. The number of benzene rings is 1. The maximum absolute atomic E-state index is 12.3. The van der Waals surface area contributed by atoms with Crippen LogP contribution < -0.4 is 10.1 Å². The fourth-order valence-corrected chi connectivity index (χ4v) is 2.86. The average molecular weight is 358 g/mol. The molecule has 9 nitrogen and oxygen atoms in total. The summed E-state index contributed by atoms with van der Waals surface area (Å²) in [5.74, 6) is 0.184. The second kappa shape index (κ2) is 8.41. The molecule has 1 atom stereocenters. The Bertz CT molecular complexity index is 725. The molecule has 138 valence electrons. The minimum Gasteiger partial charge on any atom is -0.484 e. The van der Waals surface area contributed by atoms with E-state index in [0.717, 1.165) is 38.0 Å². The number of hydrogen-bond donors (Lipinski definition) is 1. The highest BCUT2D eigenvalue weighted by Crippen LogP contribution is 2.14. The van der Waals surface area contributed by atoms with Gasteiger partial charge in [0.15, 0.2) is 6.61 Å². The second-order valence-corrected chi connectivity index (χ2v) is 6.21. The van der Waals surface area contributed by atoms with Crippen LogP contribution in [0.1, 0.15) is 26.2 Å². The summed E-state index contributed by atoms with van der Waals surface area (Å²) in [6.45, 7) is 3.09. The van der Waals surface area contributed by atoms with Gasteiger partial charge in [-0.25, -0.2) is 4.68 Å². The normalized spacial score (nSPS) is 15.3. The number of hydrogen-bond acceptors (Lipinski definition) is 6. The standard InChI is InChI=1S/C17H22N6O3/c1-13(17(25)22-9-3-2-4-10-22)19-16(24)11-26-15-7-5-14(6-8-15)23-12-18-20-21-23/h5-8,12-13H,2-4,9-11H2,1H3,(H,19,24). The molecule has 26 heavy (non-hydrogen) atoms. The van der Waals surface area contributed by atoms with E-state index >= 15 is 0 Å². The lowest BCUT2D eigenvalue weighted by molar-refractivity contribution is -0.137. The van der Waals surface area contributed by atoms with Crippen LogP contribution in [0.2, 0.25) is 0 Å². The summed E-state index contributed by atoms with van der Waals surface area (Å²) in [6, 6.07) is 6.48. The molecule has 1 N–H and O–H groups in total. The van der Waals surface area contributed by atoms with E-state index in [1.807, 2.05) is 4.90 Å². The molecule has 0 spiro atoms. The van der Waals surface area contributed by atoms with Gasteiger partial charge in [0, 0.05) is 13.1 Å². The van der Waals surface area contributed by atoms with Crippen LogP contribution in [-0.2, 0) is 9.59 Å². The summed E-state index contributed by atoms with van der Waals surface area (Å²) in [7, 11) is 0. The molecule has 2 heterocycles. The summed E-state index contributed by atoms with van der Waals surface area (Å²) in [6.07, 6.45) is 4.70. The van der Waals surface area contributed by atoms with Crippen molar-refractivity contribution in [3.63, 3.8) is 0 Å². The molecular weight excluding hydrogens is 336 g/mol. The number of nitrogens with one attached hydrogen (secondary N) is 1. The molecule has 0 bridgehead atoms. The molecule has 3 rings (SSSR count). The monoisotopic (exact) mass is 358 g/mol. The topological polar surface area (TPSA) is 102 Å². The van der Waals surface area contributed by atoms with Crippen molar-refractivity contribution in [3.8, 4) is 11.4 Å². The number of aromatic nitrogens is 4. The van der Waals surface area contributed by atoms with Gasteiger partial charge in [-0.2, -0.15) is 0 Å². The Morgan fingerprint density at radius 1 is 1.19 bits per heavy atom. The molecule has 1 aromatic carbocycles. The Balaban J connectivity index is 1.45. The molecule has 2 aromatic rings. The lowest BCUT2D eigenvalue weighted by atomic mass is 10.1. The van der Waals surface area contributed by atoms with Gasteiger partial charge in [0.05, 0.1) is 5.69 Å². The zero-order valence-corrected chi connectivity index (χ0v) is 14.7. The van der Waals surface area contributed by atoms with E-state index < -0.39 is 6.04 Å². The van der Waals surface area contributed by atoms with Gasteiger partial charge < -0.3 is 15.0 Å². The van der Waals surface area contributed by atoms with Crippen molar-refractivity contribution in [3.05, 3.63) is 30.6 Å². The van der Waals surface area contributed by atoms with E-state index in [2.05, 4.69) is 20.8 Å². The highest BCUT2D eigenvalue weighted by atomic mass is 16.5. The summed E-state index contributed by atoms with van der Waals surface area (Å²) < 4.78 is 6.99. The van der Waals surface area contributed by atoms with Gasteiger partial charge in [-0.15, -0.1) is 5.10 Å². The van der Waals surface area contributed by atoms with Crippen LogP contribution in [-0.4, -0.2) is 62.7 Å². The number of rotatable bonds is 6. The van der Waals surface area contributed by atoms with E-state index in [4.69, 9.17) is 4.74 Å². The fraction of sp³-hybridized carbons (Fsp3) is 0.471. The Morgan fingerprint density at radius 3 is 2.58 bits per heavy atom. The molecule has 0 radical (unpaired) electrons. The van der Waals surface area contributed by atoms with E-state index in [-0.39, 0.29) is 18.4 Å². The van der Waals surface area contributed by atoms with Crippen LogP contribution in [0.3, 0.4) is 0 Å². The molecule has 1 saturated heterocycles. The predicted octanol–water partition coefficient (Wildman–Crippen LogP) is 0.558. The number of tetrazole rings is 1. The first-order chi connectivity index (χ1) is 12.6. The van der Waals surface area contributed by atoms with Gasteiger partial charge in [0.2, 0.25) is 5.91 Å². The maximum Gasteiger partial charge on any atom is 0.258 e. The van der Waals surface area contributed by atoms with Gasteiger partial charge in [-0.05, 0) is 60.9 Å². The van der Waals surface area contributed by atoms with E-state index in [1.165, 1.54) is 11.0 Å². The Labute approximate surface area is 151 Å².